The van der Waals surface area contributed by atoms with Crippen LogP contribution in [0.3, 0.4) is 0 Å². The predicted molar refractivity (Wildman–Crippen MR) is 94.9 cm³/mol. The smallest absolute Gasteiger partial charge is 0.102 e. The first kappa shape index (κ1) is 15.8. The summed E-state index contributed by atoms with van der Waals surface area (Å²) in [5.74, 6) is 0. The van der Waals surface area contributed by atoms with Gasteiger partial charge in [-0.05, 0) is 54.5 Å². The van der Waals surface area contributed by atoms with Crippen LogP contribution in [0.1, 0.15) is 64.2 Å². The SMILES string of the molecule is C[N+]1(C)C=CC(P(C2CCCCC2)C2CCCCC2)=CC1. The standard InChI is InChI=1S/C19H33NP/c1-20(2)15-13-19(14-16-20)21(17-9-5-3-6-10-17)18-11-7-4-8-12-18/h13-15,17-18H,3-12,16H2,1-2H3/q+1. The van der Waals surface area contributed by atoms with Crippen LogP contribution >= 0.6 is 7.92 Å². The summed E-state index contributed by atoms with van der Waals surface area (Å²) in [6, 6.07) is 0. The normalized spacial score (nSPS) is 27.9. The molecular weight excluding hydrogens is 273 g/mol. The molecule has 3 rings (SSSR count). The van der Waals surface area contributed by atoms with Crippen LogP contribution in [0.2, 0.25) is 0 Å². The van der Waals surface area contributed by atoms with Crippen molar-refractivity contribution in [2.75, 3.05) is 20.6 Å². The van der Waals surface area contributed by atoms with Gasteiger partial charge < -0.3 is 0 Å². The van der Waals surface area contributed by atoms with Gasteiger partial charge >= 0.3 is 0 Å². The molecule has 0 aromatic rings. The largest absolute Gasteiger partial charge is 0.299 e. The van der Waals surface area contributed by atoms with E-state index in [1.165, 1.54) is 70.8 Å². The molecule has 1 nitrogen and oxygen atoms in total. The second kappa shape index (κ2) is 6.97. The van der Waals surface area contributed by atoms with Crippen LogP contribution in [0.25, 0.3) is 0 Å². The first-order chi connectivity index (χ1) is 10.2. The lowest BCUT2D eigenvalue weighted by Gasteiger charge is -2.40. The van der Waals surface area contributed by atoms with E-state index in [-0.39, 0.29) is 7.92 Å². The van der Waals surface area contributed by atoms with Crippen LogP contribution in [0.5, 0.6) is 0 Å². The van der Waals surface area contributed by atoms with E-state index in [4.69, 9.17) is 0 Å². The van der Waals surface area contributed by atoms with Gasteiger partial charge in [-0.3, -0.25) is 4.48 Å². The zero-order valence-corrected chi connectivity index (χ0v) is 15.0. The molecule has 0 saturated heterocycles. The zero-order valence-electron chi connectivity index (χ0n) is 14.1. The molecule has 0 aromatic heterocycles. The fourth-order valence-electron chi connectivity index (χ4n) is 4.37. The van der Waals surface area contributed by atoms with Gasteiger partial charge in [0.05, 0.1) is 20.3 Å². The lowest BCUT2D eigenvalue weighted by molar-refractivity contribution is -0.833. The van der Waals surface area contributed by atoms with Crippen molar-refractivity contribution in [2.24, 2.45) is 0 Å². The number of nitrogens with zero attached hydrogens (tertiary/aromatic N) is 1. The van der Waals surface area contributed by atoms with Gasteiger partial charge in [-0.15, -0.1) is 0 Å². The Hall–Kier alpha value is -0.130. The number of likely N-dealkylation sites (N-methyl/N-ethyl adjacent to an activating group) is 1. The van der Waals surface area contributed by atoms with E-state index in [1.807, 2.05) is 0 Å². The van der Waals surface area contributed by atoms with Crippen molar-refractivity contribution in [1.82, 2.24) is 0 Å². The zero-order chi connectivity index (χ0) is 14.7. The maximum atomic E-state index is 2.61. The molecule has 0 amide bonds. The Labute approximate surface area is 132 Å². The first-order valence-corrected chi connectivity index (χ1v) is 10.6. The van der Waals surface area contributed by atoms with Crippen molar-refractivity contribution in [3.05, 3.63) is 23.7 Å². The van der Waals surface area contributed by atoms with E-state index in [0.717, 1.165) is 15.8 Å². The quantitative estimate of drug-likeness (QED) is 0.469. The van der Waals surface area contributed by atoms with Crippen molar-refractivity contribution in [2.45, 2.75) is 75.5 Å². The van der Waals surface area contributed by atoms with E-state index < -0.39 is 0 Å². The summed E-state index contributed by atoms with van der Waals surface area (Å²) >= 11 is 0. The van der Waals surface area contributed by atoms with Crippen LogP contribution in [-0.4, -0.2) is 36.4 Å². The summed E-state index contributed by atoms with van der Waals surface area (Å²) < 4.78 is 1.03. The summed E-state index contributed by atoms with van der Waals surface area (Å²) in [6.45, 7) is 1.20. The van der Waals surface area contributed by atoms with Crippen molar-refractivity contribution >= 4 is 7.92 Å². The molecule has 1 heterocycles. The second-order valence-electron chi connectivity index (χ2n) is 7.90. The second-order valence-corrected chi connectivity index (χ2v) is 10.7. The highest BCUT2D eigenvalue weighted by Gasteiger charge is 2.34. The molecule has 1 aliphatic heterocycles. The van der Waals surface area contributed by atoms with Gasteiger partial charge in [0.25, 0.3) is 0 Å². The van der Waals surface area contributed by atoms with Crippen LogP contribution in [0.15, 0.2) is 23.7 Å². The van der Waals surface area contributed by atoms with Gasteiger partial charge in [0.2, 0.25) is 0 Å². The maximum absolute atomic E-state index is 2.61. The Morgan fingerprint density at radius 1 is 0.857 bits per heavy atom. The number of rotatable bonds is 3. The number of hydrogen-bond acceptors (Lipinski definition) is 0. The minimum Gasteiger partial charge on any atom is -0.299 e. The van der Waals surface area contributed by atoms with E-state index >= 15 is 0 Å². The molecule has 21 heavy (non-hydrogen) atoms. The number of allylic oxidation sites excluding steroid dienone is 2. The van der Waals surface area contributed by atoms with Crippen LogP contribution in [-0.2, 0) is 0 Å². The Bertz CT molecular complexity index is 380. The molecular formula is C19H33NP+. The summed E-state index contributed by atoms with van der Waals surface area (Å²) in [5.41, 5.74) is 2.09. The molecule has 0 bridgehead atoms. The van der Waals surface area contributed by atoms with Gasteiger partial charge in [-0.25, -0.2) is 0 Å². The highest BCUT2D eigenvalue weighted by molar-refractivity contribution is 7.63. The van der Waals surface area contributed by atoms with Gasteiger partial charge in [-0.1, -0.05) is 46.4 Å². The van der Waals surface area contributed by atoms with Gasteiger partial charge in [0, 0.05) is 0 Å². The first-order valence-electron chi connectivity index (χ1n) is 9.16. The molecule has 0 atom stereocenters. The minimum absolute atomic E-state index is 0.108. The third-order valence-corrected chi connectivity index (χ3v) is 9.19. The molecule has 2 heteroatoms. The van der Waals surface area contributed by atoms with Gasteiger partial charge in [0.1, 0.15) is 6.54 Å². The monoisotopic (exact) mass is 306 g/mol. The van der Waals surface area contributed by atoms with E-state index in [0.29, 0.717) is 0 Å². The summed E-state index contributed by atoms with van der Waals surface area (Å²) in [6.07, 6.45) is 22.6. The minimum atomic E-state index is 0.108. The molecule has 3 aliphatic rings. The molecule has 0 spiro atoms. The fourth-order valence-corrected chi connectivity index (χ4v) is 8.18. The topological polar surface area (TPSA) is 0 Å². The van der Waals surface area contributed by atoms with Gasteiger partial charge in [0.15, 0.2) is 0 Å². The van der Waals surface area contributed by atoms with Crippen molar-refractivity contribution < 1.29 is 4.48 Å². The Balaban J connectivity index is 1.78. The molecule has 2 saturated carbocycles. The van der Waals surface area contributed by atoms with Gasteiger partial charge in [-0.2, -0.15) is 0 Å². The van der Waals surface area contributed by atoms with Crippen LogP contribution in [0, 0.1) is 0 Å². The predicted octanol–water partition coefficient (Wildman–Crippen LogP) is 5.62. The highest BCUT2D eigenvalue weighted by Crippen LogP contribution is 2.61. The summed E-state index contributed by atoms with van der Waals surface area (Å²) in [4.78, 5) is 0. The highest BCUT2D eigenvalue weighted by atomic mass is 31.1. The summed E-state index contributed by atoms with van der Waals surface area (Å²) in [5, 5.41) is 1.77. The van der Waals surface area contributed by atoms with Crippen molar-refractivity contribution in [3.63, 3.8) is 0 Å². The average Bonchev–Trinajstić information content (AvgIpc) is 2.51. The lowest BCUT2D eigenvalue weighted by atomic mass is 9.99. The molecule has 0 aromatic carbocycles. The molecule has 2 fully saturated rings. The number of hydrogen-bond donors (Lipinski definition) is 0. The Morgan fingerprint density at radius 3 is 1.81 bits per heavy atom. The molecule has 0 radical (unpaired) electrons. The maximum Gasteiger partial charge on any atom is 0.102 e. The molecule has 0 unspecified atom stereocenters. The average molecular weight is 306 g/mol. The fraction of sp³-hybridized carbons (Fsp3) is 0.789. The summed E-state index contributed by atoms with van der Waals surface area (Å²) in [7, 11) is 4.73. The molecule has 2 aliphatic carbocycles. The van der Waals surface area contributed by atoms with Crippen LogP contribution in [0.4, 0.5) is 0 Å². The third kappa shape index (κ3) is 3.99. The Kier molecular flexibility index (Phi) is 5.23. The lowest BCUT2D eigenvalue weighted by Crippen LogP contribution is -2.35. The third-order valence-electron chi connectivity index (χ3n) is 5.65. The van der Waals surface area contributed by atoms with E-state index in [9.17, 15) is 0 Å². The molecule has 118 valence electrons. The number of quaternary nitrogens is 1. The van der Waals surface area contributed by atoms with Crippen molar-refractivity contribution in [1.29, 1.82) is 0 Å². The van der Waals surface area contributed by atoms with E-state index in [1.54, 1.807) is 5.31 Å². The van der Waals surface area contributed by atoms with E-state index in [2.05, 4.69) is 32.4 Å². The molecule has 0 N–H and O–H groups in total. The van der Waals surface area contributed by atoms with Crippen molar-refractivity contribution in [3.8, 4) is 0 Å². The van der Waals surface area contributed by atoms with Crippen LogP contribution < -0.4 is 0 Å². The Morgan fingerprint density at radius 2 is 1.38 bits per heavy atom.